The van der Waals surface area contributed by atoms with Crippen molar-refractivity contribution in [3.8, 4) is 0 Å². The molecule has 28 heavy (non-hydrogen) atoms. The number of hydrogen-bond acceptors (Lipinski definition) is 3. The molecule has 5 nitrogen and oxygen atoms in total. The standard InChI is InChI=1S/C23H26N4O/c1-3-4-10-22(28)26-20(19-13-11-17(2)12-14-19)15-21(18-8-6-5-7-9-18)27-23(26)24-16-25-27/h5-9,11-14,16,20-21H,3-4,10,15H2,1-2H3/t20-,21+/m1/s1. The van der Waals surface area contributed by atoms with E-state index in [-0.39, 0.29) is 18.0 Å². The molecule has 2 heterocycles. The Labute approximate surface area is 166 Å². The summed E-state index contributed by atoms with van der Waals surface area (Å²) >= 11 is 0. The van der Waals surface area contributed by atoms with E-state index < -0.39 is 0 Å². The number of aromatic nitrogens is 3. The third-order valence-electron chi connectivity index (χ3n) is 5.48. The van der Waals surface area contributed by atoms with Crippen LogP contribution >= 0.6 is 0 Å². The number of hydrogen-bond donors (Lipinski definition) is 0. The van der Waals surface area contributed by atoms with Gasteiger partial charge in [0.15, 0.2) is 0 Å². The first-order chi connectivity index (χ1) is 13.7. The highest BCUT2D eigenvalue weighted by Gasteiger charge is 2.38. The summed E-state index contributed by atoms with van der Waals surface area (Å²) in [5.41, 5.74) is 3.55. The van der Waals surface area contributed by atoms with Crippen LogP contribution in [0.4, 0.5) is 5.95 Å². The molecule has 1 aromatic heterocycles. The third-order valence-corrected chi connectivity index (χ3v) is 5.48. The van der Waals surface area contributed by atoms with Crippen LogP contribution in [0.15, 0.2) is 60.9 Å². The fourth-order valence-electron chi connectivity index (χ4n) is 3.95. The number of carbonyl (C=O) groups excluding carboxylic acids is 1. The smallest absolute Gasteiger partial charge is 0.231 e. The number of aryl methyl sites for hydroxylation is 1. The van der Waals surface area contributed by atoms with Gasteiger partial charge in [0, 0.05) is 6.42 Å². The second kappa shape index (κ2) is 7.97. The molecule has 0 radical (unpaired) electrons. The Kier molecular flexibility index (Phi) is 5.24. The molecule has 2 aromatic carbocycles. The van der Waals surface area contributed by atoms with E-state index in [2.05, 4.69) is 60.3 Å². The minimum Gasteiger partial charge on any atom is -0.274 e. The maximum absolute atomic E-state index is 13.2. The van der Waals surface area contributed by atoms with Gasteiger partial charge < -0.3 is 0 Å². The van der Waals surface area contributed by atoms with Gasteiger partial charge in [-0.1, -0.05) is 73.5 Å². The van der Waals surface area contributed by atoms with E-state index in [9.17, 15) is 4.79 Å². The van der Waals surface area contributed by atoms with Crippen LogP contribution in [-0.4, -0.2) is 20.7 Å². The summed E-state index contributed by atoms with van der Waals surface area (Å²) in [6.45, 7) is 4.19. The van der Waals surface area contributed by atoms with Crippen LogP contribution < -0.4 is 4.90 Å². The minimum atomic E-state index is -0.0492. The van der Waals surface area contributed by atoms with Gasteiger partial charge in [0.2, 0.25) is 11.9 Å². The van der Waals surface area contributed by atoms with Crippen LogP contribution in [0.3, 0.4) is 0 Å². The van der Waals surface area contributed by atoms with Crippen molar-refractivity contribution in [3.05, 3.63) is 77.6 Å². The van der Waals surface area contributed by atoms with Gasteiger partial charge in [-0.25, -0.2) is 4.68 Å². The molecule has 4 rings (SSSR count). The summed E-state index contributed by atoms with van der Waals surface area (Å²) in [5, 5.41) is 4.48. The van der Waals surface area contributed by atoms with Gasteiger partial charge in [0.25, 0.3) is 0 Å². The molecule has 144 valence electrons. The Balaban J connectivity index is 1.79. The summed E-state index contributed by atoms with van der Waals surface area (Å²) in [4.78, 5) is 19.5. The van der Waals surface area contributed by atoms with Crippen molar-refractivity contribution in [2.75, 3.05) is 4.90 Å². The number of amides is 1. The number of anilines is 1. The van der Waals surface area contributed by atoms with Gasteiger partial charge in [-0.3, -0.25) is 9.69 Å². The van der Waals surface area contributed by atoms with Gasteiger partial charge in [0.1, 0.15) is 6.33 Å². The lowest BCUT2D eigenvalue weighted by molar-refractivity contribution is -0.119. The van der Waals surface area contributed by atoms with Crippen molar-refractivity contribution in [2.45, 2.75) is 51.6 Å². The summed E-state index contributed by atoms with van der Waals surface area (Å²) in [5.74, 6) is 0.764. The maximum Gasteiger partial charge on any atom is 0.231 e. The Bertz CT molecular complexity index is 933. The molecule has 1 aliphatic heterocycles. The fourth-order valence-corrected chi connectivity index (χ4v) is 3.95. The number of unbranched alkanes of at least 4 members (excludes halogenated alkanes) is 1. The Hall–Kier alpha value is -2.95. The molecule has 0 fully saturated rings. The molecule has 0 spiro atoms. The van der Waals surface area contributed by atoms with E-state index in [1.165, 1.54) is 11.1 Å². The highest BCUT2D eigenvalue weighted by molar-refractivity contribution is 5.92. The lowest BCUT2D eigenvalue weighted by Gasteiger charge is -2.39. The molecule has 0 N–H and O–H groups in total. The van der Waals surface area contributed by atoms with Crippen molar-refractivity contribution in [1.82, 2.24) is 14.8 Å². The monoisotopic (exact) mass is 374 g/mol. The number of benzene rings is 2. The number of fused-ring (bicyclic) bond motifs is 1. The van der Waals surface area contributed by atoms with E-state index in [1.807, 2.05) is 27.8 Å². The summed E-state index contributed by atoms with van der Waals surface area (Å²) < 4.78 is 1.91. The van der Waals surface area contributed by atoms with E-state index in [1.54, 1.807) is 6.33 Å². The van der Waals surface area contributed by atoms with E-state index in [0.29, 0.717) is 12.4 Å². The quantitative estimate of drug-likeness (QED) is 0.642. The molecule has 0 saturated heterocycles. The highest BCUT2D eigenvalue weighted by Crippen LogP contribution is 2.42. The molecule has 0 bridgehead atoms. The van der Waals surface area contributed by atoms with Crippen LogP contribution in [0.1, 0.15) is 61.4 Å². The van der Waals surface area contributed by atoms with E-state index >= 15 is 0 Å². The number of carbonyl (C=O) groups is 1. The second-order valence-electron chi connectivity index (χ2n) is 7.46. The lowest BCUT2D eigenvalue weighted by Crippen LogP contribution is -2.42. The average Bonchev–Trinajstić information content (AvgIpc) is 3.21. The predicted molar refractivity (Wildman–Crippen MR) is 110 cm³/mol. The van der Waals surface area contributed by atoms with Crippen molar-refractivity contribution in [1.29, 1.82) is 0 Å². The Morgan fingerprint density at radius 3 is 2.46 bits per heavy atom. The van der Waals surface area contributed by atoms with Gasteiger partial charge in [-0.15, -0.1) is 0 Å². The highest BCUT2D eigenvalue weighted by atomic mass is 16.2. The average molecular weight is 374 g/mol. The van der Waals surface area contributed by atoms with Gasteiger partial charge in [-0.2, -0.15) is 10.1 Å². The van der Waals surface area contributed by atoms with Gasteiger partial charge in [0.05, 0.1) is 12.1 Å². The molecular weight excluding hydrogens is 348 g/mol. The molecule has 0 aliphatic carbocycles. The van der Waals surface area contributed by atoms with Crippen molar-refractivity contribution < 1.29 is 4.79 Å². The SMILES string of the molecule is CCCCC(=O)N1c2ncnn2[C@H](c2ccccc2)C[C@@H]1c1ccc(C)cc1. The molecule has 0 saturated carbocycles. The van der Waals surface area contributed by atoms with Crippen LogP contribution in [0, 0.1) is 6.92 Å². The number of nitrogens with zero attached hydrogens (tertiary/aromatic N) is 4. The number of rotatable bonds is 5. The molecule has 1 aliphatic rings. The third kappa shape index (κ3) is 3.44. The first-order valence-corrected chi connectivity index (χ1v) is 10.0. The van der Waals surface area contributed by atoms with E-state index in [0.717, 1.165) is 24.8 Å². The van der Waals surface area contributed by atoms with E-state index in [4.69, 9.17) is 0 Å². The zero-order valence-electron chi connectivity index (χ0n) is 16.5. The van der Waals surface area contributed by atoms with Crippen LogP contribution in [-0.2, 0) is 4.79 Å². The maximum atomic E-state index is 13.2. The topological polar surface area (TPSA) is 51.0 Å². The van der Waals surface area contributed by atoms with Crippen LogP contribution in [0.25, 0.3) is 0 Å². The normalized spacial score (nSPS) is 18.7. The molecule has 5 heteroatoms. The van der Waals surface area contributed by atoms with Gasteiger partial charge in [-0.05, 0) is 30.9 Å². The first kappa shape index (κ1) is 18.4. The second-order valence-corrected chi connectivity index (χ2v) is 7.46. The Morgan fingerprint density at radius 2 is 1.75 bits per heavy atom. The largest absolute Gasteiger partial charge is 0.274 e. The Morgan fingerprint density at radius 1 is 1.04 bits per heavy atom. The van der Waals surface area contributed by atoms with Crippen molar-refractivity contribution in [3.63, 3.8) is 0 Å². The zero-order valence-corrected chi connectivity index (χ0v) is 16.5. The summed E-state index contributed by atoms with van der Waals surface area (Å²) in [6.07, 6.45) is 4.74. The molecular formula is C23H26N4O. The van der Waals surface area contributed by atoms with Crippen LogP contribution in [0.5, 0.6) is 0 Å². The summed E-state index contributed by atoms with van der Waals surface area (Å²) in [6, 6.07) is 18.9. The zero-order chi connectivity index (χ0) is 19.5. The fraction of sp³-hybridized carbons (Fsp3) is 0.348. The lowest BCUT2D eigenvalue weighted by atomic mass is 9.91. The molecule has 2 atom stereocenters. The van der Waals surface area contributed by atoms with Crippen molar-refractivity contribution in [2.24, 2.45) is 0 Å². The molecule has 3 aromatic rings. The van der Waals surface area contributed by atoms with Gasteiger partial charge >= 0.3 is 0 Å². The summed E-state index contributed by atoms with van der Waals surface area (Å²) in [7, 11) is 0. The van der Waals surface area contributed by atoms with Crippen molar-refractivity contribution >= 4 is 11.9 Å². The minimum absolute atomic E-state index is 0.0492. The first-order valence-electron chi connectivity index (χ1n) is 10.0. The van der Waals surface area contributed by atoms with Crippen LogP contribution in [0.2, 0.25) is 0 Å². The molecule has 1 amide bonds. The molecule has 0 unspecified atom stereocenters. The predicted octanol–water partition coefficient (Wildman–Crippen LogP) is 4.84.